The Morgan fingerprint density at radius 3 is 2.52 bits per heavy atom. The Morgan fingerprint density at radius 1 is 1.09 bits per heavy atom. The third-order valence-electron chi connectivity index (χ3n) is 4.44. The Morgan fingerprint density at radius 2 is 1.88 bits per heavy atom. The number of rotatable bonds is 8. The Balaban J connectivity index is 1.71. The van der Waals surface area contributed by atoms with Crippen molar-refractivity contribution in [2.24, 2.45) is 0 Å². The van der Waals surface area contributed by atoms with Gasteiger partial charge in [-0.15, -0.1) is 11.3 Å². The molecule has 172 valence electrons. The first-order valence-corrected chi connectivity index (χ1v) is 10.8. The van der Waals surface area contributed by atoms with E-state index in [0.717, 1.165) is 16.2 Å². The van der Waals surface area contributed by atoms with Crippen LogP contribution in [0.1, 0.15) is 10.4 Å². The van der Waals surface area contributed by atoms with E-state index in [4.69, 9.17) is 0 Å². The van der Waals surface area contributed by atoms with E-state index in [1.807, 2.05) is 19.0 Å². The van der Waals surface area contributed by atoms with Crippen LogP contribution >= 0.6 is 11.3 Å². The molecule has 0 radical (unpaired) electrons. The normalized spacial score (nSPS) is 11.7. The maximum atomic E-state index is 14.8. The molecule has 10 heteroatoms. The van der Waals surface area contributed by atoms with E-state index >= 15 is 0 Å². The summed E-state index contributed by atoms with van der Waals surface area (Å²) in [5, 5.41) is 4.92. The molecule has 33 heavy (non-hydrogen) atoms. The first-order chi connectivity index (χ1) is 15.6. The number of halogens is 2. The van der Waals surface area contributed by atoms with Gasteiger partial charge in [-0.05, 0) is 44.8 Å². The highest BCUT2D eigenvalue weighted by Crippen LogP contribution is 2.33. The van der Waals surface area contributed by atoms with E-state index in [1.165, 1.54) is 36.7 Å². The number of alkyl halides is 2. The first kappa shape index (κ1) is 24.1. The summed E-state index contributed by atoms with van der Waals surface area (Å²) < 4.78 is 29.6. The van der Waals surface area contributed by atoms with Crippen LogP contribution in [0.4, 0.5) is 19.7 Å². The third-order valence-corrected chi connectivity index (χ3v) is 5.27. The molecule has 0 saturated heterocycles. The molecule has 3 rings (SSSR count). The van der Waals surface area contributed by atoms with Crippen LogP contribution in [0.3, 0.4) is 0 Å². The van der Waals surface area contributed by atoms with Crippen molar-refractivity contribution >= 4 is 34.1 Å². The van der Waals surface area contributed by atoms with Crippen molar-refractivity contribution in [1.82, 2.24) is 14.9 Å². The van der Waals surface area contributed by atoms with E-state index in [1.54, 1.807) is 31.2 Å². The maximum Gasteiger partial charge on any atom is 0.350 e. The molecule has 1 aromatic carbocycles. The first-order valence-electron chi connectivity index (χ1n) is 9.96. The number of hydrogen-bond acceptors (Lipinski definition) is 6. The van der Waals surface area contributed by atoms with Crippen molar-refractivity contribution in [3.8, 4) is 11.1 Å². The Labute approximate surface area is 194 Å². The fraction of sp³-hybridized carbons (Fsp3) is 0.217. The molecule has 0 aliphatic carbocycles. The molecule has 2 heterocycles. The summed E-state index contributed by atoms with van der Waals surface area (Å²) >= 11 is 1.12. The van der Waals surface area contributed by atoms with Crippen molar-refractivity contribution in [3.63, 3.8) is 0 Å². The number of hydrogen-bond donors (Lipinski definition) is 2. The van der Waals surface area contributed by atoms with Gasteiger partial charge in [0, 0.05) is 41.0 Å². The second-order valence-corrected chi connectivity index (χ2v) is 8.71. The number of nitrogens with zero attached hydrogens (tertiary/aromatic N) is 3. The highest BCUT2D eigenvalue weighted by molar-refractivity contribution is 7.15. The molecule has 0 aliphatic heterocycles. The summed E-state index contributed by atoms with van der Waals surface area (Å²) in [6.07, 6.45) is 6.10. The van der Waals surface area contributed by atoms with Gasteiger partial charge < -0.3 is 10.2 Å². The van der Waals surface area contributed by atoms with Gasteiger partial charge in [0.25, 0.3) is 0 Å². The van der Waals surface area contributed by atoms with Crippen molar-refractivity contribution in [2.75, 3.05) is 31.3 Å². The lowest BCUT2D eigenvalue weighted by Gasteiger charge is -2.16. The van der Waals surface area contributed by atoms with Gasteiger partial charge in [-0.3, -0.25) is 14.9 Å². The molecule has 7 nitrogen and oxygen atoms in total. The zero-order chi connectivity index (χ0) is 24.0. The minimum absolute atomic E-state index is 0.117. The van der Waals surface area contributed by atoms with E-state index in [0.29, 0.717) is 23.5 Å². The van der Waals surface area contributed by atoms with Gasteiger partial charge in [0.2, 0.25) is 5.91 Å². The van der Waals surface area contributed by atoms with Crippen molar-refractivity contribution < 1.29 is 18.4 Å². The van der Waals surface area contributed by atoms with E-state index in [9.17, 15) is 18.4 Å². The molecule has 2 amide bonds. The lowest BCUT2D eigenvalue weighted by molar-refractivity contribution is -0.140. The minimum Gasteiger partial charge on any atom is -0.307 e. The van der Waals surface area contributed by atoms with Crippen LogP contribution in [0.15, 0.2) is 60.9 Å². The molecule has 3 aromatic rings. The number of carbonyl (C=O) groups excluding carboxylic acids is 2. The molecular formula is C23H23F2N5O2S. The van der Waals surface area contributed by atoms with Gasteiger partial charge in [0.1, 0.15) is 5.82 Å². The molecule has 0 saturated carbocycles. The molecular weight excluding hydrogens is 448 g/mol. The summed E-state index contributed by atoms with van der Waals surface area (Å²) in [5.74, 6) is -5.19. The van der Waals surface area contributed by atoms with Crippen LogP contribution in [0.2, 0.25) is 0 Å². The number of anilines is 2. The number of thiazole rings is 1. The minimum atomic E-state index is -3.75. The number of aromatic nitrogens is 2. The average Bonchev–Trinajstić information content (AvgIpc) is 3.18. The predicted molar refractivity (Wildman–Crippen MR) is 125 cm³/mol. The van der Waals surface area contributed by atoms with E-state index < -0.39 is 17.4 Å². The zero-order valence-corrected chi connectivity index (χ0v) is 19.1. The van der Waals surface area contributed by atoms with Gasteiger partial charge in [-0.2, -0.15) is 8.78 Å². The Kier molecular flexibility index (Phi) is 7.62. The predicted octanol–water partition coefficient (Wildman–Crippen LogP) is 4.30. The summed E-state index contributed by atoms with van der Waals surface area (Å²) in [5.41, 5.74) is 0.570. The molecule has 0 spiro atoms. The number of carbonyl (C=O) groups is 2. The van der Waals surface area contributed by atoms with Crippen LogP contribution in [0.5, 0.6) is 0 Å². The molecule has 2 aromatic heterocycles. The monoisotopic (exact) mass is 471 g/mol. The largest absolute Gasteiger partial charge is 0.350 e. The summed E-state index contributed by atoms with van der Waals surface area (Å²) in [6, 6.07) is 8.76. The smallest absolute Gasteiger partial charge is 0.307 e. The van der Waals surface area contributed by atoms with Crippen LogP contribution < -0.4 is 10.6 Å². The lowest BCUT2D eigenvalue weighted by atomic mass is 10.0. The fourth-order valence-corrected chi connectivity index (χ4v) is 3.45. The molecule has 2 N–H and O–H groups in total. The third kappa shape index (κ3) is 6.50. The van der Waals surface area contributed by atoms with Gasteiger partial charge in [-0.25, -0.2) is 9.97 Å². The van der Waals surface area contributed by atoms with Crippen molar-refractivity contribution in [1.29, 1.82) is 0 Å². The second-order valence-electron chi connectivity index (χ2n) is 7.47. The zero-order valence-electron chi connectivity index (χ0n) is 18.3. The number of aryl methyl sites for hydroxylation is 1. The summed E-state index contributed by atoms with van der Waals surface area (Å²) in [7, 11) is 3.78. The molecule has 0 atom stereocenters. The maximum absolute atomic E-state index is 14.8. The van der Waals surface area contributed by atoms with Gasteiger partial charge in [0.05, 0.1) is 0 Å². The standard InChI is InChI=1S/C23H23F2N5O2S/c1-15-13-27-22(33-15)29-21(32)23(24,25)18-7-4-6-16(12-18)17-9-10-19(26-14-17)28-20(31)8-5-11-30(2)3/h4-10,12-14H,11H2,1-3H3,(H,26,28,31)(H,27,29,32)/b8-5+. The second kappa shape index (κ2) is 10.4. The Hall–Kier alpha value is -3.50. The number of amides is 2. The summed E-state index contributed by atoms with van der Waals surface area (Å²) in [6.45, 7) is 2.39. The lowest BCUT2D eigenvalue weighted by Crippen LogP contribution is -2.32. The van der Waals surface area contributed by atoms with Gasteiger partial charge in [-0.1, -0.05) is 24.3 Å². The topological polar surface area (TPSA) is 87.2 Å². The van der Waals surface area contributed by atoms with Crippen molar-refractivity contribution in [2.45, 2.75) is 12.8 Å². The number of pyridine rings is 1. The van der Waals surface area contributed by atoms with E-state index in [2.05, 4.69) is 20.6 Å². The van der Waals surface area contributed by atoms with Gasteiger partial charge >= 0.3 is 11.8 Å². The molecule has 0 unspecified atom stereocenters. The average molecular weight is 472 g/mol. The van der Waals surface area contributed by atoms with Crippen LogP contribution in [0.25, 0.3) is 11.1 Å². The van der Waals surface area contributed by atoms with Crippen LogP contribution in [-0.2, 0) is 15.5 Å². The van der Waals surface area contributed by atoms with Crippen molar-refractivity contribution in [3.05, 3.63) is 71.4 Å². The molecule has 0 aliphatic rings. The molecule has 0 bridgehead atoms. The highest BCUT2D eigenvalue weighted by atomic mass is 32.1. The van der Waals surface area contributed by atoms with Gasteiger partial charge in [0.15, 0.2) is 5.13 Å². The SMILES string of the molecule is Cc1cnc(NC(=O)C(F)(F)c2cccc(-c3ccc(NC(=O)/C=C/CN(C)C)nc3)c2)s1. The number of nitrogens with one attached hydrogen (secondary N) is 2. The Bertz CT molecular complexity index is 1160. The molecule has 0 fully saturated rings. The van der Waals surface area contributed by atoms with Crippen LogP contribution in [-0.4, -0.2) is 47.3 Å². The number of likely N-dealkylation sites (N-methyl/N-ethyl adjacent to an activating group) is 1. The number of benzene rings is 1. The fourth-order valence-electron chi connectivity index (χ4n) is 2.79. The highest BCUT2D eigenvalue weighted by Gasteiger charge is 2.41. The van der Waals surface area contributed by atoms with E-state index in [-0.39, 0.29) is 11.0 Å². The van der Waals surface area contributed by atoms with Crippen LogP contribution in [0, 0.1) is 6.92 Å². The quantitative estimate of drug-likeness (QED) is 0.479. The summed E-state index contributed by atoms with van der Waals surface area (Å²) in [4.78, 5) is 34.9.